The Labute approximate surface area is 203 Å². The van der Waals surface area contributed by atoms with Crippen LogP contribution in [-0.2, 0) is 11.2 Å². The number of nitrogens with zero attached hydrogens (tertiary/aromatic N) is 1. The number of carbonyl (C=O) groups excluding carboxylic acids is 1. The average molecular weight is 486 g/mol. The SMILES string of the molecule is N=C/C(=C(\N)C(F)(F)F)c1ccc(NCC2CCN(C(=O)CCc3ccccc3)CC2)c(C=N)c1. The lowest BCUT2D eigenvalue weighted by atomic mass is 9.95. The number of carbonyl (C=O) groups is 1. The zero-order valence-electron chi connectivity index (χ0n) is 19.4. The molecule has 1 aliphatic heterocycles. The van der Waals surface area contributed by atoms with Crippen LogP contribution in [0.2, 0.25) is 0 Å². The zero-order chi connectivity index (χ0) is 25.4. The highest BCUT2D eigenvalue weighted by Crippen LogP contribution is 2.30. The summed E-state index contributed by atoms with van der Waals surface area (Å²) in [5.74, 6) is 0.500. The van der Waals surface area contributed by atoms with Gasteiger partial charge in [0.2, 0.25) is 5.91 Å². The molecule has 2 aromatic rings. The van der Waals surface area contributed by atoms with Gasteiger partial charge in [-0.25, -0.2) is 0 Å². The molecule has 0 saturated carbocycles. The van der Waals surface area contributed by atoms with Crippen molar-refractivity contribution in [2.75, 3.05) is 25.0 Å². The number of aryl methyl sites for hydroxylation is 1. The minimum Gasteiger partial charge on any atom is -0.394 e. The smallest absolute Gasteiger partial charge is 0.394 e. The molecule has 6 nitrogen and oxygen atoms in total. The number of piperidine rings is 1. The first kappa shape index (κ1) is 26.0. The maximum atomic E-state index is 13.0. The van der Waals surface area contributed by atoms with E-state index >= 15 is 0 Å². The second kappa shape index (κ2) is 11.7. The molecule has 0 spiro atoms. The van der Waals surface area contributed by atoms with E-state index in [1.165, 1.54) is 12.1 Å². The number of hydrogen-bond donors (Lipinski definition) is 4. The topological polar surface area (TPSA) is 106 Å². The Morgan fingerprint density at radius 1 is 1.11 bits per heavy atom. The summed E-state index contributed by atoms with van der Waals surface area (Å²) in [6.07, 6.45) is -0.179. The fraction of sp³-hybridized carbons (Fsp3) is 0.346. The van der Waals surface area contributed by atoms with Gasteiger partial charge in [0.05, 0.1) is 0 Å². The highest BCUT2D eigenvalue weighted by Gasteiger charge is 2.34. The molecule has 1 fully saturated rings. The summed E-state index contributed by atoms with van der Waals surface area (Å²) in [6.45, 7) is 2.02. The van der Waals surface area contributed by atoms with Gasteiger partial charge in [-0.3, -0.25) is 4.79 Å². The normalized spacial score (nSPS) is 15.3. The van der Waals surface area contributed by atoms with Crippen LogP contribution in [0.15, 0.2) is 54.2 Å². The summed E-state index contributed by atoms with van der Waals surface area (Å²) in [5, 5.41) is 18.3. The van der Waals surface area contributed by atoms with E-state index in [0.29, 0.717) is 49.4 Å². The number of rotatable bonds is 9. The van der Waals surface area contributed by atoms with Crippen LogP contribution >= 0.6 is 0 Å². The summed E-state index contributed by atoms with van der Waals surface area (Å²) >= 11 is 0. The van der Waals surface area contributed by atoms with Crippen molar-refractivity contribution in [3.05, 3.63) is 70.9 Å². The lowest BCUT2D eigenvalue weighted by Gasteiger charge is -2.32. The number of amides is 1. The minimum atomic E-state index is -4.74. The van der Waals surface area contributed by atoms with E-state index in [4.69, 9.17) is 16.6 Å². The molecule has 3 rings (SSSR count). The molecule has 1 aliphatic rings. The summed E-state index contributed by atoms with van der Waals surface area (Å²) in [5.41, 5.74) is 5.74. The Morgan fingerprint density at radius 3 is 2.40 bits per heavy atom. The molecule has 0 bridgehead atoms. The van der Waals surface area contributed by atoms with Crippen LogP contribution in [0.25, 0.3) is 5.57 Å². The molecule has 0 atom stereocenters. The number of nitrogens with two attached hydrogens (primary N) is 1. The highest BCUT2D eigenvalue weighted by atomic mass is 19.4. The number of allylic oxidation sites excluding steroid dienone is 2. The molecular weight excluding hydrogens is 455 g/mol. The van der Waals surface area contributed by atoms with Gasteiger partial charge in [-0.15, -0.1) is 0 Å². The number of halogens is 3. The van der Waals surface area contributed by atoms with Crippen LogP contribution in [0, 0.1) is 16.7 Å². The highest BCUT2D eigenvalue weighted by molar-refractivity contribution is 6.10. The number of likely N-dealkylation sites (tertiary alicyclic amines) is 1. The van der Waals surface area contributed by atoms with Crippen molar-refractivity contribution < 1.29 is 18.0 Å². The van der Waals surface area contributed by atoms with Gasteiger partial charge < -0.3 is 26.8 Å². The number of nitrogens with one attached hydrogen (secondary N) is 3. The predicted octanol–water partition coefficient (Wildman–Crippen LogP) is 4.85. The van der Waals surface area contributed by atoms with Gasteiger partial charge >= 0.3 is 6.18 Å². The van der Waals surface area contributed by atoms with Crippen LogP contribution < -0.4 is 11.1 Å². The molecule has 2 aromatic carbocycles. The molecule has 1 heterocycles. The second-order valence-corrected chi connectivity index (χ2v) is 8.61. The fourth-order valence-corrected chi connectivity index (χ4v) is 4.17. The Morgan fingerprint density at radius 2 is 1.80 bits per heavy atom. The van der Waals surface area contributed by atoms with E-state index in [1.807, 2.05) is 35.2 Å². The third-order valence-electron chi connectivity index (χ3n) is 6.28. The van der Waals surface area contributed by atoms with Crippen molar-refractivity contribution in [1.29, 1.82) is 10.8 Å². The van der Waals surface area contributed by atoms with Crippen LogP contribution in [0.5, 0.6) is 0 Å². The van der Waals surface area contributed by atoms with E-state index < -0.39 is 17.4 Å². The molecule has 35 heavy (non-hydrogen) atoms. The molecule has 5 N–H and O–H groups in total. The first-order valence-electron chi connectivity index (χ1n) is 11.5. The number of alkyl halides is 3. The monoisotopic (exact) mass is 485 g/mol. The summed E-state index contributed by atoms with van der Waals surface area (Å²) in [4.78, 5) is 14.5. The van der Waals surface area contributed by atoms with Crippen LogP contribution in [0.3, 0.4) is 0 Å². The van der Waals surface area contributed by atoms with Crippen molar-refractivity contribution in [2.24, 2.45) is 11.7 Å². The summed E-state index contributed by atoms with van der Waals surface area (Å²) in [7, 11) is 0. The van der Waals surface area contributed by atoms with E-state index in [1.54, 1.807) is 6.07 Å². The molecule has 0 aromatic heterocycles. The molecule has 0 radical (unpaired) electrons. The molecule has 0 aliphatic carbocycles. The van der Waals surface area contributed by atoms with Crippen LogP contribution in [0.1, 0.15) is 36.0 Å². The van der Waals surface area contributed by atoms with Crippen LogP contribution in [-0.4, -0.2) is 49.0 Å². The lowest BCUT2D eigenvalue weighted by Crippen LogP contribution is -2.40. The molecule has 186 valence electrons. The van der Waals surface area contributed by atoms with Gasteiger partial charge in [-0.2, -0.15) is 13.2 Å². The first-order valence-corrected chi connectivity index (χ1v) is 11.5. The van der Waals surface area contributed by atoms with Gasteiger partial charge in [0.25, 0.3) is 0 Å². The minimum absolute atomic E-state index is 0.126. The third kappa shape index (κ3) is 6.94. The van der Waals surface area contributed by atoms with Crippen molar-refractivity contribution >= 4 is 29.6 Å². The maximum Gasteiger partial charge on any atom is 0.431 e. The summed E-state index contributed by atoms with van der Waals surface area (Å²) < 4.78 is 39.0. The molecular formula is C26H30F3N5O. The van der Waals surface area contributed by atoms with Crippen LogP contribution in [0.4, 0.5) is 18.9 Å². The largest absolute Gasteiger partial charge is 0.431 e. The van der Waals surface area contributed by atoms with Gasteiger partial charge in [0, 0.05) is 55.3 Å². The van der Waals surface area contributed by atoms with E-state index in [2.05, 4.69) is 5.32 Å². The third-order valence-corrected chi connectivity index (χ3v) is 6.28. The molecule has 1 amide bonds. The Kier molecular flexibility index (Phi) is 8.68. The quantitative estimate of drug-likeness (QED) is 0.382. The lowest BCUT2D eigenvalue weighted by molar-refractivity contribution is -0.132. The number of hydrogen-bond acceptors (Lipinski definition) is 5. The standard InChI is InChI=1S/C26H30F3N5O/c27-26(28,29)25(32)22(16-31)20-7-8-23(21(14-20)15-30)33-17-19-10-12-34(13-11-19)24(35)9-6-18-4-2-1-3-5-18/h1-5,7-8,14-16,19,30-31,33H,6,9-13,17,32H2/b25-22+,30-15?,31-16?. The van der Waals surface area contributed by atoms with Crippen molar-refractivity contribution in [3.8, 4) is 0 Å². The van der Waals surface area contributed by atoms with E-state index in [0.717, 1.165) is 31.0 Å². The fourth-order valence-electron chi connectivity index (χ4n) is 4.17. The number of benzene rings is 2. The van der Waals surface area contributed by atoms with E-state index in [-0.39, 0.29) is 11.5 Å². The van der Waals surface area contributed by atoms with Crippen molar-refractivity contribution in [2.45, 2.75) is 31.9 Å². The Balaban J connectivity index is 1.54. The van der Waals surface area contributed by atoms with Crippen molar-refractivity contribution in [3.63, 3.8) is 0 Å². The molecule has 1 saturated heterocycles. The van der Waals surface area contributed by atoms with Gasteiger partial charge in [0.1, 0.15) is 5.70 Å². The first-order chi connectivity index (χ1) is 16.7. The average Bonchev–Trinajstić information content (AvgIpc) is 2.87. The molecule has 0 unspecified atom stereocenters. The van der Waals surface area contributed by atoms with Gasteiger partial charge in [-0.05, 0) is 48.4 Å². The predicted molar refractivity (Wildman–Crippen MR) is 133 cm³/mol. The van der Waals surface area contributed by atoms with Gasteiger partial charge in [-0.1, -0.05) is 36.4 Å². The van der Waals surface area contributed by atoms with Crippen molar-refractivity contribution in [1.82, 2.24) is 4.90 Å². The Bertz CT molecular complexity index is 1070. The van der Waals surface area contributed by atoms with Gasteiger partial charge in [0.15, 0.2) is 0 Å². The zero-order valence-corrected chi connectivity index (χ0v) is 19.4. The summed E-state index contributed by atoms with van der Waals surface area (Å²) in [6, 6.07) is 14.4. The maximum absolute atomic E-state index is 13.0. The van der Waals surface area contributed by atoms with E-state index in [9.17, 15) is 18.0 Å². The second-order valence-electron chi connectivity index (χ2n) is 8.61. The molecule has 9 heteroatoms. The Hall–Kier alpha value is -3.62. The number of anilines is 1.